The average Bonchev–Trinajstić information content (AvgIpc) is 2.58. The van der Waals surface area contributed by atoms with Crippen LogP contribution < -0.4 is 10.1 Å². The monoisotopic (exact) mass is 462 g/mol. The minimum Gasteiger partial charge on any atom is -0.497 e. The molecule has 25 heavy (non-hydrogen) atoms. The Morgan fingerprint density at radius 2 is 1.96 bits per heavy atom. The van der Waals surface area contributed by atoms with E-state index in [0.29, 0.717) is 6.54 Å². The number of guanidine groups is 1. The normalized spacial score (nSPS) is 12.5. The first-order valence-corrected chi connectivity index (χ1v) is 8.83. The van der Waals surface area contributed by atoms with Crippen LogP contribution in [0.3, 0.4) is 0 Å². The Hall–Kier alpha value is -1.02. The lowest BCUT2D eigenvalue weighted by Gasteiger charge is -2.26. The number of aliphatic imine (C=N–C) groups is 1. The quantitative estimate of drug-likeness (QED) is 0.346. The van der Waals surface area contributed by atoms with Crippen LogP contribution in [0, 0.1) is 0 Å². The minimum absolute atomic E-state index is 0. The van der Waals surface area contributed by atoms with E-state index in [1.54, 1.807) is 7.11 Å². The predicted molar refractivity (Wildman–Crippen MR) is 118 cm³/mol. The van der Waals surface area contributed by atoms with Crippen LogP contribution in [0.15, 0.2) is 29.3 Å². The molecule has 1 N–H and O–H groups in total. The standard InChI is InChI=1S/C19H34N4O.HI/c1-7-9-13-23(5)19(20-8-2)21-15-18(22(3)4)16-11-10-12-17(14-16)24-6;/h10-12,14,18H,7-9,13,15H2,1-6H3,(H,20,21);1H. The SMILES string of the molecule is CCCCN(C)C(=NCC(c1cccc(OC)c1)N(C)C)NCC.I. The Bertz CT molecular complexity index is 508. The first kappa shape index (κ1) is 24.0. The lowest BCUT2D eigenvalue weighted by molar-refractivity contribution is 0.304. The second kappa shape index (κ2) is 13.2. The lowest BCUT2D eigenvalue weighted by Crippen LogP contribution is -2.40. The maximum Gasteiger partial charge on any atom is 0.193 e. The molecule has 0 aliphatic heterocycles. The van der Waals surface area contributed by atoms with Crippen molar-refractivity contribution in [2.45, 2.75) is 32.7 Å². The summed E-state index contributed by atoms with van der Waals surface area (Å²) in [5.74, 6) is 1.86. The number of halogens is 1. The number of nitrogens with zero attached hydrogens (tertiary/aromatic N) is 3. The van der Waals surface area contributed by atoms with E-state index in [9.17, 15) is 0 Å². The summed E-state index contributed by atoms with van der Waals surface area (Å²) in [5.41, 5.74) is 1.22. The molecule has 0 radical (unpaired) electrons. The molecule has 0 aliphatic carbocycles. The fraction of sp³-hybridized carbons (Fsp3) is 0.632. The predicted octanol–water partition coefficient (Wildman–Crippen LogP) is 3.61. The highest BCUT2D eigenvalue weighted by atomic mass is 127. The van der Waals surface area contributed by atoms with E-state index >= 15 is 0 Å². The summed E-state index contributed by atoms with van der Waals surface area (Å²) in [6.45, 7) is 6.92. The van der Waals surface area contributed by atoms with Crippen LogP contribution in [0.1, 0.15) is 38.3 Å². The Morgan fingerprint density at radius 1 is 1.24 bits per heavy atom. The zero-order valence-electron chi connectivity index (χ0n) is 16.6. The molecule has 0 spiro atoms. The van der Waals surface area contributed by atoms with Gasteiger partial charge < -0.3 is 19.9 Å². The van der Waals surface area contributed by atoms with Crippen molar-refractivity contribution in [1.82, 2.24) is 15.1 Å². The molecule has 0 aliphatic rings. The Morgan fingerprint density at radius 3 is 2.52 bits per heavy atom. The summed E-state index contributed by atoms with van der Waals surface area (Å²) < 4.78 is 5.36. The second-order valence-corrected chi connectivity index (χ2v) is 6.23. The third-order valence-corrected chi connectivity index (χ3v) is 4.06. The minimum atomic E-state index is 0. The average molecular weight is 462 g/mol. The molecule has 0 aromatic heterocycles. The third-order valence-electron chi connectivity index (χ3n) is 4.06. The maximum absolute atomic E-state index is 5.36. The van der Waals surface area contributed by atoms with Crippen LogP contribution in [0.25, 0.3) is 0 Å². The second-order valence-electron chi connectivity index (χ2n) is 6.23. The van der Waals surface area contributed by atoms with Crippen molar-refractivity contribution in [3.05, 3.63) is 29.8 Å². The van der Waals surface area contributed by atoms with Gasteiger partial charge in [0.25, 0.3) is 0 Å². The summed E-state index contributed by atoms with van der Waals surface area (Å²) in [5, 5.41) is 3.39. The van der Waals surface area contributed by atoms with Crippen LogP contribution in [-0.4, -0.2) is 63.6 Å². The van der Waals surface area contributed by atoms with Crippen LogP contribution in [0.2, 0.25) is 0 Å². The zero-order valence-corrected chi connectivity index (χ0v) is 18.9. The largest absolute Gasteiger partial charge is 0.497 e. The van der Waals surface area contributed by atoms with Gasteiger partial charge in [-0.25, -0.2) is 0 Å². The van der Waals surface area contributed by atoms with E-state index in [1.165, 1.54) is 18.4 Å². The molecule has 0 saturated heterocycles. The molecule has 1 unspecified atom stereocenters. The maximum atomic E-state index is 5.36. The molecule has 0 fully saturated rings. The van der Waals surface area contributed by atoms with Crippen molar-refractivity contribution in [2.24, 2.45) is 4.99 Å². The molecule has 144 valence electrons. The molecule has 6 heteroatoms. The third kappa shape index (κ3) is 8.27. The summed E-state index contributed by atoms with van der Waals surface area (Å²) in [6.07, 6.45) is 2.36. The summed E-state index contributed by atoms with van der Waals surface area (Å²) in [6, 6.07) is 8.45. The van der Waals surface area contributed by atoms with Crippen LogP contribution in [-0.2, 0) is 0 Å². The number of hydrogen-bond acceptors (Lipinski definition) is 3. The molecule has 0 saturated carbocycles. The molecule has 0 amide bonds. The highest BCUT2D eigenvalue weighted by Gasteiger charge is 2.15. The van der Waals surface area contributed by atoms with Gasteiger partial charge in [0.2, 0.25) is 0 Å². The van der Waals surface area contributed by atoms with Crippen molar-refractivity contribution in [1.29, 1.82) is 0 Å². The van der Waals surface area contributed by atoms with Gasteiger partial charge in [0.05, 0.1) is 19.7 Å². The van der Waals surface area contributed by atoms with Crippen molar-refractivity contribution in [3.8, 4) is 5.75 Å². The van der Waals surface area contributed by atoms with E-state index < -0.39 is 0 Å². The van der Waals surface area contributed by atoms with Gasteiger partial charge in [0.15, 0.2) is 5.96 Å². The highest BCUT2D eigenvalue weighted by Crippen LogP contribution is 2.23. The lowest BCUT2D eigenvalue weighted by atomic mass is 10.1. The highest BCUT2D eigenvalue weighted by molar-refractivity contribution is 14.0. The van der Waals surface area contributed by atoms with Crippen molar-refractivity contribution in [3.63, 3.8) is 0 Å². The Kier molecular flexibility index (Phi) is 12.7. The van der Waals surface area contributed by atoms with Gasteiger partial charge >= 0.3 is 0 Å². The van der Waals surface area contributed by atoms with E-state index in [0.717, 1.165) is 24.8 Å². The molecular weight excluding hydrogens is 427 g/mol. The van der Waals surface area contributed by atoms with Crippen molar-refractivity contribution >= 4 is 29.9 Å². The zero-order chi connectivity index (χ0) is 17.9. The Labute approximate surface area is 170 Å². The number of rotatable bonds is 9. The van der Waals surface area contributed by atoms with Crippen LogP contribution in [0.5, 0.6) is 5.75 Å². The number of hydrogen-bond donors (Lipinski definition) is 1. The molecule has 5 nitrogen and oxygen atoms in total. The number of unbranched alkanes of at least 4 members (excludes halogenated alkanes) is 1. The molecule has 0 bridgehead atoms. The van der Waals surface area contributed by atoms with Gasteiger partial charge in [0.1, 0.15) is 5.75 Å². The summed E-state index contributed by atoms with van der Waals surface area (Å²) in [7, 11) is 7.99. The number of likely N-dealkylation sites (N-methyl/N-ethyl adjacent to an activating group) is 1. The fourth-order valence-electron chi connectivity index (χ4n) is 2.56. The van der Waals surface area contributed by atoms with E-state index in [-0.39, 0.29) is 30.0 Å². The smallest absolute Gasteiger partial charge is 0.193 e. The molecule has 1 atom stereocenters. The van der Waals surface area contributed by atoms with Gasteiger partial charge in [-0.15, -0.1) is 24.0 Å². The summed E-state index contributed by atoms with van der Waals surface area (Å²) in [4.78, 5) is 9.28. The van der Waals surface area contributed by atoms with E-state index in [1.807, 2.05) is 12.1 Å². The van der Waals surface area contributed by atoms with Crippen molar-refractivity contribution < 1.29 is 4.74 Å². The fourth-order valence-corrected chi connectivity index (χ4v) is 2.56. The number of ether oxygens (including phenoxy) is 1. The molecule has 1 aromatic rings. The van der Waals surface area contributed by atoms with Gasteiger partial charge in [-0.2, -0.15) is 0 Å². The van der Waals surface area contributed by atoms with Crippen molar-refractivity contribution in [2.75, 3.05) is 47.9 Å². The molecule has 1 rings (SSSR count). The van der Waals surface area contributed by atoms with Crippen LogP contribution in [0.4, 0.5) is 0 Å². The number of methoxy groups -OCH3 is 1. The number of nitrogens with one attached hydrogen (secondary N) is 1. The molecule has 1 aromatic carbocycles. The van der Waals surface area contributed by atoms with Gasteiger partial charge in [-0.3, -0.25) is 4.99 Å². The van der Waals surface area contributed by atoms with Crippen LogP contribution >= 0.6 is 24.0 Å². The van der Waals surface area contributed by atoms with E-state index in [2.05, 4.69) is 62.2 Å². The Balaban J connectivity index is 0.00000576. The van der Waals surface area contributed by atoms with Gasteiger partial charge in [-0.1, -0.05) is 25.5 Å². The van der Waals surface area contributed by atoms with Gasteiger partial charge in [-0.05, 0) is 45.1 Å². The first-order chi connectivity index (χ1) is 11.5. The molecular formula is C19H35IN4O. The first-order valence-electron chi connectivity index (χ1n) is 8.83. The summed E-state index contributed by atoms with van der Waals surface area (Å²) >= 11 is 0. The topological polar surface area (TPSA) is 40.1 Å². The van der Waals surface area contributed by atoms with Gasteiger partial charge in [0, 0.05) is 20.1 Å². The van der Waals surface area contributed by atoms with E-state index in [4.69, 9.17) is 9.73 Å². The molecule has 0 heterocycles. The number of benzene rings is 1.